The quantitative estimate of drug-likeness (QED) is 0.347. The van der Waals surface area contributed by atoms with Crippen LogP contribution in [0, 0.1) is 13.8 Å². The fourth-order valence-electron chi connectivity index (χ4n) is 3.78. The van der Waals surface area contributed by atoms with Gasteiger partial charge >= 0.3 is 0 Å². The maximum Gasteiger partial charge on any atom is 0.227 e. The van der Waals surface area contributed by atoms with E-state index in [0.29, 0.717) is 11.5 Å². The predicted octanol–water partition coefficient (Wildman–Crippen LogP) is 6.72. The second-order valence-electron chi connectivity index (χ2n) is 7.48. The van der Waals surface area contributed by atoms with E-state index in [2.05, 4.69) is 23.0 Å². The molecule has 0 aliphatic heterocycles. The molecule has 4 heteroatoms. The van der Waals surface area contributed by atoms with E-state index >= 15 is 0 Å². The van der Waals surface area contributed by atoms with Gasteiger partial charge in [-0.25, -0.2) is 4.98 Å². The fourth-order valence-corrected chi connectivity index (χ4v) is 3.78. The van der Waals surface area contributed by atoms with E-state index in [4.69, 9.17) is 4.42 Å². The first-order chi connectivity index (χ1) is 14.6. The molecule has 0 fully saturated rings. The van der Waals surface area contributed by atoms with Crippen molar-refractivity contribution in [1.29, 1.82) is 0 Å². The second kappa shape index (κ2) is 7.16. The molecule has 0 atom stereocenters. The average molecular weight is 392 g/mol. The number of oxazole rings is 1. The number of aryl methyl sites for hydroxylation is 2. The van der Waals surface area contributed by atoms with Crippen LogP contribution in [0.25, 0.3) is 33.3 Å². The Morgan fingerprint density at radius 3 is 2.70 bits per heavy atom. The Morgan fingerprint density at radius 1 is 0.933 bits per heavy atom. The van der Waals surface area contributed by atoms with Crippen LogP contribution in [0.4, 0.5) is 5.69 Å². The van der Waals surface area contributed by atoms with Crippen LogP contribution >= 0.6 is 0 Å². The molecule has 0 bridgehead atoms. The zero-order valence-corrected chi connectivity index (χ0v) is 16.8. The normalized spacial score (nSPS) is 11.7. The lowest BCUT2D eigenvalue weighted by Gasteiger charge is -2.04. The van der Waals surface area contributed by atoms with E-state index in [-0.39, 0.29) is 5.75 Å². The summed E-state index contributed by atoms with van der Waals surface area (Å²) in [5.74, 6) is 0.780. The van der Waals surface area contributed by atoms with Gasteiger partial charge in [0.2, 0.25) is 5.89 Å². The summed E-state index contributed by atoms with van der Waals surface area (Å²) in [6, 6.07) is 23.4. The van der Waals surface area contributed by atoms with Crippen molar-refractivity contribution in [2.75, 3.05) is 0 Å². The van der Waals surface area contributed by atoms with Gasteiger partial charge in [-0.1, -0.05) is 42.5 Å². The number of hydrogen-bond donors (Lipinski definition) is 1. The molecule has 0 aliphatic carbocycles. The fraction of sp³-hybridized carbons (Fsp3) is 0.0769. The molecule has 4 nitrogen and oxygen atoms in total. The Morgan fingerprint density at radius 2 is 1.80 bits per heavy atom. The van der Waals surface area contributed by atoms with Crippen LogP contribution in [-0.2, 0) is 0 Å². The van der Waals surface area contributed by atoms with E-state index in [1.807, 2.05) is 67.6 Å². The summed E-state index contributed by atoms with van der Waals surface area (Å²) < 4.78 is 6.03. The minimum atomic E-state index is 0.207. The number of hydrogen-bond acceptors (Lipinski definition) is 4. The minimum Gasteiger partial charge on any atom is -0.507 e. The molecule has 0 saturated heterocycles. The van der Waals surface area contributed by atoms with Gasteiger partial charge in [-0.15, -0.1) is 0 Å². The molecule has 0 amide bonds. The lowest BCUT2D eigenvalue weighted by molar-refractivity contribution is 0.475. The van der Waals surface area contributed by atoms with Crippen LogP contribution in [0.15, 0.2) is 82.2 Å². The maximum atomic E-state index is 10.3. The average Bonchev–Trinajstić information content (AvgIpc) is 3.18. The van der Waals surface area contributed by atoms with Crippen LogP contribution in [0.2, 0.25) is 0 Å². The summed E-state index contributed by atoms with van der Waals surface area (Å²) in [7, 11) is 0. The van der Waals surface area contributed by atoms with Crippen molar-refractivity contribution in [2.24, 2.45) is 4.99 Å². The number of aliphatic imine (C=N–C) groups is 1. The first kappa shape index (κ1) is 18.1. The van der Waals surface area contributed by atoms with Gasteiger partial charge in [0.1, 0.15) is 11.3 Å². The van der Waals surface area contributed by atoms with Crippen LogP contribution in [0.1, 0.15) is 16.7 Å². The van der Waals surface area contributed by atoms with Gasteiger partial charge in [-0.05, 0) is 66.1 Å². The number of benzene rings is 4. The third kappa shape index (κ3) is 3.22. The Kier molecular flexibility index (Phi) is 4.32. The highest BCUT2D eigenvalue weighted by Crippen LogP contribution is 2.30. The Bertz CT molecular complexity index is 1430. The highest BCUT2D eigenvalue weighted by Gasteiger charge is 2.11. The topological polar surface area (TPSA) is 58.6 Å². The van der Waals surface area contributed by atoms with Crippen molar-refractivity contribution in [1.82, 2.24) is 4.98 Å². The van der Waals surface area contributed by atoms with Crippen molar-refractivity contribution >= 4 is 33.8 Å². The summed E-state index contributed by atoms with van der Waals surface area (Å²) >= 11 is 0. The SMILES string of the molecule is Cc1cc(C)c2oc(-c3cccc(N=Cc4c(O)ccc5ccccc45)c3)nc2c1. The molecule has 0 aliphatic rings. The smallest absolute Gasteiger partial charge is 0.227 e. The number of phenols is 1. The van der Waals surface area contributed by atoms with Crippen molar-refractivity contribution in [3.63, 3.8) is 0 Å². The van der Waals surface area contributed by atoms with Crippen LogP contribution in [0.5, 0.6) is 5.75 Å². The molecule has 1 N–H and O–H groups in total. The van der Waals surface area contributed by atoms with Gasteiger partial charge in [0, 0.05) is 17.3 Å². The largest absolute Gasteiger partial charge is 0.507 e. The standard InChI is InChI=1S/C26H20N2O2/c1-16-12-17(2)25-23(13-16)28-26(30-25)19-7-5-8-20(14-19)27-15-22-21-9-4-3-6-18(21)10-11-24(22)29/h3-15,29H,1-2H3. The molecule has 146 valence electrons. The molecule has 0 unspecified atom stereocenters. The highest BCUT2D eigenvalue weighted by atomic mass is 16.3. The molecule has 1 heterocycles. The first-order valence-electron chi connectivity index (χ1n) is 9.81. The Balaban J connectivity index is 1.54. The lowest BCUT2D eigenvalue weighted by atomic mass is 10.0. The Hall–Kier alpha value is -3.92. The summed E-state index contributed by atoms with van der Waals surface area (Å²) in [6.45, 7) is 4.08. The highest BCUT2D eigenvalue weighted by molar-refractivity contribution is 6.03. The molecule has 5 aromatic rings. The number of phenolic OH excluding ortho intramolecular Hbond substituents is 1. The van der Waals surface area contributed by atoms with Gasteiger partial charge in [0.15, 0.2) is 5.58 Å². The molecule has 0 saturated carbocycles. The monoisotopic (exact) mass is 392 g/mol. The summed E-state index contributed by atoms with van der Waals surface area (Å²) in [4.78, 5) is 9.27. The lowest BCUT2D eigenvalue weighted by Crippen LogP contribution is -1.86. The second-order valence-corrected chi connectivity index (χ2v) is 7.48. The number of fused-ring (bicyclic) bond motifs is 2. The van der Waals surface area contributed by atoms with Crippen LogP contribution in [0.3, 0.4) is 0 Å². The van der Waals surface area contributed by atoms with E-state index < -0.39 is 0 Å². The van der Waals surface area contributed by atoms with Gasteiger partial charge < -0.3 is 9.52 Å². The molecule has 1 aromatic heterocycles. The zero-order chi connectivity index (χ0) is 20.7. The predicted molar refractivity (Wildman–Crippen MR) is 122 cm³/mol. The van der Waals surface area contributed by atoms with E-state index in [1.54, 1.807) is 12.3 Å². The number of rotatable bonds is 3. The molecule has 4 aromatic carbocycles. The molecular weight excluding hydrogens is 372 g/mol. The van der Waals surface area contributed by atoms with Gasteiger partial charge in [-0.2, -0.15) is 0 Å². The third-order valence-corrected chi connectivity index (χ3v) is 5.20. The van der Waals surface area contributed by atoms with Crippen molar-refractivity contribution in [3.05, 3.63) is 89.5 Å². The molecule has 0 spiro atoms. The van der Waals surface area contributed by atoms with Crippen LogP contribution in [-0.4, -0.2) is 16.3 Å². The zero-order valence-electron chi connectivity index (χ0n) is 16.8. The number of nitrogens with zero attached hydrogens (tertiary/aromatic N) is 2. The minimum absolute atomic E-state index is 0.207. The van der Waals surface area contributed by atoms with Gasteiger partial charge in [0.25, 0.3) is 0 Å². The number of aromatic nitrogens is 1. The molecular formula is C26H20N2O2. The van der Waals surface area contributed by atoms with E-state index in [1.165, 1.54) is 0 Å². The third-order valence-electron chi connectivity index (χ3n) is 5.20. The van der Waals surface area contributed by atoms with Crippen molar-refractivity contribution in [2.45, 2.75) is 13.8 Å². The maximum absolute atomic E-state index is 10.3. The molecule has 5 rings (SSSR count). The summed E-state index contributed by atoms with van der Waals surface area (Å²) in [5.41, 5.74) is 6.22. The van der Waals surface area contributed by atoms with Crippen molar-refractivity contribution < 1.29 is 9.52 Å². The van der Waals surface area contributed by atoms with Gasteiger partial charge in [0.05, 0.1) is 5.69 Å². The van der Waals surface area contributed by atoms with E-state index in [0.717, 1.165) is 44.2 Å². The van der Waals surface area contributed by atoms with E-state index in [9.17, 15) is 5.11 Å². The number of aromatic hydroxyl groups is 1. The van der Waals surface area contributed by atoms with Crippen LogP contribution < -0.4 is 0 Å². The summed E-state index contributed by atoms with van der Waals surface area (Å²) in [5, 5.41) is 12.4. The van der Waals surface area contributed by atoms with Gasteiger partial charge in [-0.3, -0.25) is 4.99 Å². The molecule has 0 radical (unpaired) electrons. The van der Waals surface area contributed by atoms with Crippen molar-refractivity contribution in [3.8, 4) is 17.2 Å². The molecule has 30 heavy (non-hydrogen) atoms. The summed E-state index contributed by atoms with van der Waals surface area (Å²) in [6.07, 6.45) is 1.70. The first-order valence-corrected chi connectivity index (χ1v) is 9.81. The Labute approximate surface area is 174 Å².